The zero-order valence-corrected chi connectivity index (χ0v) is 21.7. The highest BCUT2D eigenvalue weighted by Gasteiger charge is 2.32. The molecular weight excluding hydrogens is 501 g/mol. The summed E-state index contributed by atoms with van der Waals surface area (Å²) in [5.74, 6) is -0.489. The molecule has 0 aromatic carbocycles. The van der Waals surface area contributed by atoms with E-state index in [1.54, 1.807) is 0 Å². The van der Waals surface area contributed by atoms with Crippen LogP contribution >= 0.6 is 0 Å². The number of aromatic nitrogens is 4. The first kappa shape index (κ1) is 25.5. The summed E-state index contributed by atoms with van der Waals surface area (Å²) >= 11 is 0. The molecule has 3 saturated carbocycles. The van der Waals surface area contributed by atoms with Gasteiger partial charge < -0.3 is 27.0 Å². The second-order valence-electron chi connectivity index (χ2n) is 11.0. The minimum atomic E-state index is -0.621. The number of nitrogens with zero attached hydrogens (tertiary/aromatic N) is 4. The number of halogens is 1. The molecule has 3 heterocycles. The summed E-state index contributed by atoms with van der Waals surface area (Å²) in [7, 11) is 0. The van der Waals surface area contributed by atoms with Gasteiger partial charge in [0, 0.05) is 36.4 Å². The molecule has 6 N–H and O–H groups in total. The van der Waals surface area contributed by atoms with Crippen molar-refractivity contribution < 1.29 is 14.0 Å². The van der Waals surface area contributed by atoms with Crippen molar-refractivity contribution in [1.82, 2.24) is 24.9 Å². The third-order valence-electron chi connectivity index (χ3n) is 7.99. The Bertz CT molecular complexity index is 1370. The zero-order chi connectivity index (χ0) is 26.9. The Labute approximate surface area is 225 Å². The molecule has 0 radical (unpaired) electrons. The molecule has 0 bridgehead atoms. The van der Waals surface area contributed by atoms with Gasteiger partial charge in [-0.15, -0.1) is 5.10 Å². The maximum Gasteiger partial charge on any atom is 0.276 e. The second kappa shape index (κ2) is 10.8. The molecule has 0 aliphatic heterocycles. The van der Waals surface area contributed by atoms with Crippen LogP contribution in [0.4, 0.5) is 21.6 Å². The first-order valence-corrected chi connectivity index (χ1v) is 13.8. The summed E-state index contributed by atoms with van der Waals surface area (Å²) < 4.78 is 15.6. The van der Waals surface area contributed by atoms with E-state index in [4.69, 9.17) is 5.73 Å². The van der Waals surface area contributed by atoms with E-state index in [-0.39, 0.29) is 41.3 Å². The van der Waals surface area contributed by atoms with Crippen LogP contribution in [-0.2, 0) is 4.79 Å². The topological polar surface area (TPSA) is 151 Å². The van der Waals surface area contributed by atoms with Crippen molar-refractivity contribution in [3.8, 4) is 0 Å². The third kappa shape index (κ3) is 5.65. The van der Waals surface area contributed by atoms with E-state index >= 15 is 0 Å². The van der Waals surface area contributed by atoms with Crippen LogP contribution in [0.5, 0.6) is 0 Å². The molecule has 39 heavy (non-hydrogen) atoms. The van der Waals surface area contributed by atoms with Crippen molar-refractivity contribution in [3.63, 3.8) is 0 Å². The minimum absolute atomic E-state index is 0.0266. The van der Waals surface area contributed by atoms with Crippen molar-refractivity contribution in [1.29, 1.82) is 0 Å². The van der Waals surface area contributed by atoms with Crippen LogP contribution in [0, 0.1) is 11.7 Å². The number of imidazole rings is 1. The summed E-state index contributed by atoms with van der Waals surface area (Å²) in [5.41, 5.74) is 7.66. The van der Waals surface area contributed by atoms with E-state index in [1.165, 1.54) is 23.0 Å². The maximum absolute atomic E-state index is 14.1. The van der Waals surface area contributed by atoms with Gasteiger partial charge in [0.25, 0.3) is 5.91 Å². The maximum atomic E-state index is 14.1. The van der Waals surface area contributed by atoms with Crippen molar-refractivity contribution in [3.05, 3.63) is 42.2 Å². The van der Waals surface area contributed by atoms with Gasteiger partial charge in [-0.3, -0.25) is 14.6 Å². The number of pyridine rings is 1. The lowest BCUT2D eigenvalue weighted by Gasteiger charge is -2.31. The van der Waals surface area contributed by atoms with Crippen LogP contribution in [0.2, 0.25) is 0 Å². The van der Waals surface area contributed by atoms with E-state index in [1.807, 2.05) is 6.07 Å². The largest absolute Gasteiger partial charge is 0.379 e. The Morgan fingerprint density at radius 3 is 2.41 bits per heavy atom. The molecule has 3 aromatic heterocycles. The summed E-state index contributed by atoms with van der Waals surface area (Å²) in [5, 5.41) is 17.5. The number of amides is 2. The number of nitrogens with two attached hydrogens (primary N) is 1. The fraction of sp³-hybridized carbons (Fsp3) is 0.519. The predicted molar refractivity (Wildman–Crippen MR) is 145 cm³/mol. The summed E-state index contributed by atoms with van der Waals surface area (Å²) in [6.45, 7) is 0. The van der Waals surface area contributed by atoms with Gasteiger partial charge in [0.2, 0.25) is 5.91 Å². The van der Waals surface area contributed by atoms with Crippen LogP contribution in [0.25, 0.3) is 5.65 Å². The Morgan fingerprint density at radius 1 is 0.949 bits per heavy atom. The Morgan fingerprint density at radius 2 is 1.69 bits per heavy atom. The number of hydrogen-bond donors (Lipinski definition) is 5. The molecule has 206 valence electrons. The van der Waals surface area contributed by atoms with Gasteiger partial charge in [-0.25, -0.2) is 13.9 Å². The normalized spacial score (nSPS) is 24.9. The monoisotopic (exact) mass is 535 g/mol. The average molecular weight is 536 g/mol. The molecule has 0 spiro atoms. The first-order valence-electron chi connectivity index (χ1n) is 13.8. The SMILES string of the molecule is N[C@H]1CCC[C@H]1C(=O)N[C@H]1CC[C@H](Nc2cc(NC3CC3)c3ncc(C(=O)Nc4ccncc4F)n3n2)CC1. The van der Waals surface area contributed by atoms with Gasteiger partial charge in [-0.05, 0) is 57.4 Å². The number of fused-ring (bicyclic) bond motifs is 1. The fourth-order valence-electron chi connectivity index (χ4n) is 5.62. The Balaban J connectivity index is 1.15. The van der Waals surface area contributed by atoms with Crippen LogP contribution in [0.3, 0.4) is 0 Å². The molecule has 11 nitrogen and oxygen atoms in total. The lowest BCUT2D eigenvalue weighted by atomic mass is 9.90. The predicted octanol–water partition coefficient (Wildman–Crippen LogP) is 3.06. The van der Waals surface area contributed by atoms with Gasteiger partial charge in [0.1, 0.15) is 5.82 Å². The quantitative estimate of drug-likeness (QED) is 0.295. The number of anilines is 3. The number of carbonyl (C=O) groups is 2. The van der Waals surface area contributed by atoms with Gasteiger partial charge >= 0.3 is 0 Å². The first-order chi connectivity index (χ1) is 18.9. The summed E-state index contributed by atoms with van der Waals surface area (Å²) in [4.78, 5) is 33.9. The molecule has 3 aromatic rings. The highest BCUT2D eigenvalue weighted by Crippen LogP contribution is 2.30. The van der Waals surface area contributed by atoms with Crippen LogP contribution in [0.15, 0.2) is 30.7 Å². The van der Waals surface area contributed by atoms with Crippen molar-refractivity contribution in [2.45, 2.75) is 82.0 Å². The molecule has 3 aliphatic rings. The molecule has 12 heteroatoms. The molecule has 0 saturated heterocycles. The van der Waals surface area contributed by atoms with Crippen molar-refractivity contribution >= 4 is 34.7 Å². The lowest BCUT2D eigenvalue weighted by Crippen LogP contribution is -2.45. The minimum Gasteiger partial charge on any atom is -0.379 e. The van der Waals surface area contributed by atoms with E-state index < -0.39 is 11.7 Å². The summed E-state index contributed by atoms with van der Waals surface area (Å²) in [6, 6.07) is 4.01. The number of carbonyl (C=O) groups excluding carboxylic acids is 2. The Kier molecular flexibility index (Phi) is 7.03. The number of hydrogen-bond acceptors (Lipinski definition) is 8. The molecule has 2 atom stereocenters. The highest BCUT2D eigenvalue weighted by molar-refractivity contribution is 6.03. The van der Waals surface area contributed by atoms with Crippen molar-refractivity contribution in [2.75, 3.05) is 16.0 Å². The number of rotatable bonds is 8. The van der Waals surface area contributed by atoms with Crippen molar-refractivity contribution in [2.24, 2.45) is 11.7 Å². The molecule has 3 aliphatic carbocycles. The summed E-state index contributed by atoms with van der Waals surface area (Å²) in [6.07, 6.45) is 12.4. The van der Waals surface area contributed by atoms with Gasteiger partial charge in [0.15, 0.2) is 17.2 Å². The van der Waals surface area contributed by atoms with Gasteiger partial charge in [-0.1, -0.05) is 6.42 Å². The molecule has 0 unspecified atom stereocenters. The molecule has 2 amide bonds. The van der Waals surface area contributed by atoms with Gasteiger partial charge in [0.05, 0.1) is 29.7 Å². The van der Waals surface area contributed by atoms with Crippen LogP contribution in [0.1, 0.15) is 68.3 Å². The number of nitrogens with one attached hydrogen (secondary N) is 4. The average Bonchev–Trinajstić information content (AvgIpc) is 3.45. The lowest BCUT2D eigenvalue weighted by molar-refractivity contribution is -0.126. The molecule has 6 rings (SSSR count). The van der Waals surface area contributed by atoms with E-state index in [0.29, 0.717) is 17.5 Å². The smallest absolute Gasteiger partial charge is 0.276 e. The van der Waals surface area contributed by atoms with E-state index in [2.05, 4.69) is 36.3 Å². The fourth-order valence-corrected chi connectivity index (χ4v) is 5.62. The van der Waals surface area contributed by atoms with Crippen LogP contribution < -0.4 is 27.0 Å². The Hall–Kier alpha value is -3.80. The molecular formula is C27H34FN9O2. The van der Waals surface area contributed by atoms with Crippen LogP contribution in [-0.4, -0.2) is 55.6 Å². The second-order valence-corrected chi connectivity index (χ2v) is 11.0. The zero-order valence-electron chi connectivity index (χ0n) is 21.7. The molecule has 3 fully saturated rings. The van der Waals surface area contributed by atoms with E-state index in [0.717, 1.165) is 69.7 Å². The van der Waals surface area contributed by atoms with E-state index in [9.17, 15) is 14.0 Å². The standard InChI is InChI=1S/C27H34FN9O2/c28-19-13-30-11-10-21(19)35-27(39)23-14-31-25-22(32-15-4-5-15)12-24(36-37(23)25)33-16-6-8-17(9-7-16)34-26(38)18-2-1-3-20(18)29/h10-18,20,32H,1-9,29H2,(H,33,36)(H,34,38)(H,30,35,39)/t16-,17-,18-,20+/m1/s1. The van der Waals surface area contributed by atoms with Gasteiger partial charge in [-0.2, -0.15) is 0 Å². The highest BCUT2D eigenvalue weighted by atomic mass is 19.1. The third-order valence-corrected chi connectivity index (χ3v) is 7.99.